The lowest BCUT2D eigenvalue weighted by atomic mass is 9.92. The normalized spacial score (nSPS) is 20.3. The SMILES string of the molecule is Cn1ccc(NC(=O)/C(=C/C2CCOCC2)c2ccc(S(=O)(=O)C3CC3)c(C3CC3)c2)n1. The van der Waals surface area contributed by atoms with Gasteiger partial charge < -0.3 is 10.1 Å². The number of anilines is 1. The summed E-state index contributed by atoms with van der Waals surface area (Å²) >= 11 is 0. The first-order valence-corrected chi connectivity index (χ1v) is 13.0. The van der Waals surface area contributed by atoms with Crippen molar-refractivity contribution in [1.82, 2.24) is 9.78 Å². The van der Waals surface area contributed by atoms with Gasteiger partial charge in [-0.25, -0.2) is 8.42 Å². The first-order chi connectivity index (χ1) is 15.4. The number of allylic oxidation sites excluding steroid dienone is 1. The van der Waals surface area contributed by atoms with E-state index < -0.39 is 9.84 Å². The van der Waals surface area contributed by atoms with E-state index in [2.05, 4.69) is 10.4 Å². The van der Waals surface area contributed by atoms with Gasteiger partial charge in [-0.1, -0.05) is 12.1 Å². The van der Waals surface area contributed by atoms with E-state index in [0.717, 1.165) is 49.7 Å². The van der Waals surface area contributed by atoms with Gasteiger partial charge in [0.05, 0.1) is 10.1 Å². The number of carbonyl (C=O) groups is 1. The van der Waals surface area contributed by atoms with Gasteiger partial charge in [0.15, 0.2) is 15.7 Å². The zero-order chi connectivity index (χ0) is 22.3. The molecule has 7 nitrogen and oxygen atoms in total. The van der Waals surface area contributed by atoms with Gasteiger partial charge in [-0.15, -0.1) is 0 Å². The predicted octanol–water partition coefficient (Wildman–Crippen LogP) is 3.68. The molecule has 0 spiro atoms. The van der Waals surface area contributed by atoms with Crippen molar-refractivity contribution >= 4 is 27.1 Å². The molecule has 170 valence electrons. The van der Waals surface area contributed by atoms with Crippen LogP contribution in [0.1, 0.15) is 55.6 Å². The second-order valence-corrected chi connectivity index (χ2v) is 11.3. The molecule has 0 atom stereocenters. The summed E-state index contributed by atoms with van der Waals surface area (Å²) in [5.74, 6) is 0.773. The number of hydrogen-bond acceptors (Lipinski definition) is 5. The molecule has 0 radical (unpaired) electrons. The lowest BCUT2D eigenvalue weighted by Crippen LogP contribution is -2.19. The maximum atomic E-state index is 13.3. The number of aromatic nitrogens is 2. The largest absolute Gasteiger partial charge is 0.381 e. The summed E-state index contributed by atoms with van der Waals surface area (Å²) in [7, 11) is -1.49. The van der Waals surface area contributed by atoms with Crippen LogP contribution in [0, 0.1) is 5.92 Å². The van der Waals surface area contributed by atoms with Gasteiger partial charge in [0, 0.05) is 38.1 Å². The van der Waals surface area contributed by atoms with Crippen LogP contribution in [0.25, 0.3) is 5.57 Å². The fourth-order valence-electron chi connectivity index (χ4n) is 4.33. The zero-order valence-corrected chi connectivity index (χ0v) is 19.1. The number of rotatable bonds is 7. The third kappa shape index (κ3) is 4.52. The minimum absolute atomic E-state index is 0.227. The van der Waals surface area contributed by atoms with Crippen LogP contribution in [0.15, 0.2) is 41.4 Å². The smallest absolute Gasteiger partial charge is 0.257 e. The van der Waals surface area contributed by atoms with Gasteiger partial charge >= 0.3 is 0 Å². The predicted molar refractivity (Wildman–Crippen MR) is 122 cm³/mol. The lowest BCUT2D eigenvalue weighted by Gasteiger charge is -2.21. The van der Waals surface area contributed by atoms with E-state index in [1.54, 1.807) is 36.1 Å². The Bertz CT molecular complexity index is 1150. The number of sulfone groups is 1. The molecule has 2 saturated carbocycles. The molecule has 1 N–H and O–H groups in total. The van der Waals surface area contributed by atoms with Crippen LogP contribution in [-0.4, -0.2) is 42.6 Å². The molecule has 32 heavy (non-hydrogen) atoms. The first kappa shape index (κ1) is 21.4. The number of aryl methyl sites for hydroxylation is 1. The van der Waals surface area contributed by atoms with E-state index in [1.165, 1.54) is 0 Å². The van der Waals surface area contributed by atoms with Gasteiger partial charge in [-0.05, 0) is 73.6 Å². The quantitative estimate of drug-likeness (QED) is 0.643. The highest BCUT2D eigenvalue weighted by Crippen LogP contribution is 2.46. The summed E-state index contributed by atoms with van der Waals surface area (Å²) in [5, 5.41) is 6.92. The zero-order valence-electron chi connectivity index (χ0n) is 18.3. The van der Waals surface area contributed by atoms with Crippen LogP contribution in [0.2, 0.25) is 0 Å². The number of benzene rings is 1. The van der Waals surface area contributed by atoms with Crippen LogP contribution in [-0.2, 0) is 26.4 Å². The van der Waals surface area contributed by atoms with E-state index in [9.17, 15) is 13.2 Å². The third-order valence-corrected chi connectivity index (χ3v) is 8.81. The standard InChI is InChI=1S/C24H29N3O4S/c1-27-11-8-23(26-27)25-24(28)21(14-16-9-12-31-13-10-16)18-4-7-22(20(15-18)17-2-3-17)32(29,30)19-5-6-19/h4,7-8,11,14-17,19H,2-3,5-6,9-10,12-13H2,1H3,(H,25,26,28)/b21-14+. The topological polar surface area (TPSA) is 90.3 Å². The highest BCUT2D eigenvalue weighted by Gasteiger charge is 2.40. The van der Waals surface area contributed by atoms with Crippen molar-refractivity contribution in [3.63, 3.8) is 0 Å². The molecular weight excluding hydrogens is 426 g/mol. The van der Waals surface area contributed by atoms with Crippen molar-refractivity contribution in [1.29, 1.82) is 0 Å². The van der Waals surface area contributed by atoms with Crippen LogP contribution in [0.5, 0.6) is 0 Å². The Labute approximate surface area is 188 Å². The van der Waals surface area contributed by atoms with Gasteiger partial charge in [0.25, 0.3) is 5.91 Å². The number of nitrogens with zero attached hydrogens (tertiary/aromatic N) is 2. The van der Waals surface area contributed by atoms with Gasteiger partial charge in [-0.3, -0.25) is 9.48 Å². The fraction of sp³-hybridized carbons (Fsp3) is 0.500. The maximum absolute atomic E-state index is 13.3. The lowest BCUT2D eigenvalue weighted by molar-refractivity contribution is -0.111. The molecular formula is C24H29N3O4S. The Balaban J connectivity index is 1.52. The third-order valence-electron chi connectivity index (χ3n) is 6.48. The second kappa shape index (κ2) is 8.48. The van der Waals surface area contributed by atoms with E-state index in [0.29, 0.717) is 29.5 Å². The molecule has 1 aromatic carbocycles. The Morgan fingerprint density at radius 3 is 2.50 bits per heavy atom. The Kier molecular flexibility index (Phi) is 5.67. The number of carbonyl (C=O) groups excluding carboxylic acids is 1. The van der Waals surface area contributed by atoms with Crippen LogP contribution < -0.4 is 5.32 Å². The minimum atomic E-state index is -3.29. The summed E-state index contributed by atoms with van der Waals surface area (Å²) in [6.07, 6.45) is 9.02. The van der Waals surface area contributed by atoms with Crippen LogP contribution in [0.4, 0.5) is 5.82 Å². The molecule has 3 aliphatic rings. The van der Waals surface area contributed by atoms with E-state index in [4.69, 9.17) is 4.74 Å². The molecule has 1 saturated heterocycles. The molecule has 1 amide bonds. The molecule has 5 rings (SSSR count). The fourth-order valence-corrected chi connectivity index (χ4v) is 6.26. The molecule has 2 aromatic rings. The number of hydrogen-bond donors (Lipinski definition) is 1. The summed E-state index contributed by atoms with van der Waals surface area (Å²) in [4.78, 5) is 13.8. The maximum Gasteiger partial charge on any atom is 0.257 e. The second-order valence-electron chi connectivity index (χ2n) is 9.13. The number of nitrogens with one attached hydrogen (secondary N) is 1. The van der Waals surface area contributed by atoms with E-state index in [-0.39, 0.29) is 23.0 Å². The van der Waals surface area contributed by atoms with E-state index >= 15 is 0 Å². The van der Waals surface area contributed by atoms with E-state index in [1.807, 2.05) is 12.1 Å². The van der Waals surface area contributed by atoms with Crippen LogP contribution >= 0.6 is 0 Å². The Morgan fingerprint density at radius 1 is 1.12 bits per heavy atom. The Morgan fingerprint density at radius 2 is 1.88 bits per heavy atom. The van der Waals surface area contributed by atoms with Gasteiger partial charge in [-0.2, -0.15) is 5.10 Å². The molecule has 0 bridgehead atoms. The van der Waals surface area contributed by atoms with Crippen molar-refractivity contribution < 1.29 is 17.9 Å². The number of amides is 1. The summed E-state index contributed by atoms with van der Waals surface area (Å²) in [6, 6.07) is 7.22. The van der Waals surface area contributed by atoms with Crippen molar-refractivity contribution in [3.05, 3.63) is 47.7 Å². The molecule has 1 aromatic heterocycles. The molecule has 0 unspecified atom stereocenters. The van der Waals surface area contributed by atoms with Crippen molar-refractivity contribution in [3.8, 4) is 0 Å². The summed E-state index contributed by atoms with van der Waals surface area (Å²) in [5.41, 5.74) is 2.21. The molecule has 1 aliphatic heterocycles. The van der Waals surface area contributed by atoms with Gasteiger partial charge in [0.1, 0.15) is 0 Å². The summed E-state index contributed by atoms with van der Waals surface area (Å²) in [6.45, 7) is 1.37. The van der Waals surface area contributed by atoms with Crippen molar-refractivity contribution in [2.24, 2.45) is 13.0 Å². The molecule has 2 heterocycles. The van der Waals surface area contributed by atoms with Crippen LogP contribution in [0.3, 0.4) is 0 Å². The summed E-state index contributed by atoms with van der Waals surface area (Å²) < 4.78 is 33.1. The van der Waals surface area contributed by atoms with Gasteiger partial charge in [0.2, 0.25) is 0 Å². The van der Waals surface area contributed by atoms with Crippen molar-refractivity contribution in [2.45, 2.75) is 54.6 Å². The number of ether oxygens (including phenoxy) is 1. The average molecular weight is 456 g/mol. The molecule has 8 heteroatoms. The minimum Gasteiger partial charge on any atom is -0.381 e. The Hall–Kier alpha value is -2.45. The highest BCUT2D eigenvalue weighted by atomic mass is 32.2. The monoisotopic (exact) mass is 455 g/mol. The highest BCUT2D eigenvalue weighted by molar-refractivity contribution is 7.92. The molecule has 3 fully saturated rings. The average Bonchev–Trinajstić information content (AvgIpc) is 3.70. The van der Waals surface area contributed by atoms with Crippen molar-refractivity contribution in [2.75, 3.05) is 18.5 Å². The molecule has 2 aliphatic carbocycles. The first-order valence-electron chi connectivity index (χ1n) is 11.4.